The van der Waals surface area contributed by atoms with Crippen LogP contribution in [0.5, 0.6) is 0 Å². The summed E-state index contributed by atoms with van der Waals surface area (Å²) in [4.78, 5) is 0. The van der Waals surface area contributed by atoms with Crippen LogP contribution in [0, 0.1) is 5.92 Å². The van der Waals surface area contributed by atoms with Gasteiger partial charge in [-0.05, 0) is 29.5 Å². The quantitative estimate of drug-likeness (QED) is 0.734. The van der Waals surface area contributed by atoms with E-state index in [4.69, 9.17) is 5.11 Å². The summed E-state index contributed by atoms with van der Waals surface area (Å²) in [5.74, 6) is 0.642. The summed E-state index contributed by atoms with van der Waals surface area (Å²) in [6, 6.07) is 4.04. The highest BCUT2D eigenvalue weighted by atomic mass is 32.1. The molecule has 0 aromatic carbocycles. The molecule has 0 amide bonds. The van der Waals surface area contributed by atoms with Gasteiger partial charge < -0.3 is 5.11 Å². The van der Waals surface area contributed by atoms with Gasteiger partial charge in [-0.3, -0.25) is 0 Å². The van der Waals surface area contributed by atoms with E-state index in [2.05, 4.69) is 0 Å². The Morgan fingerprint density at radius 1 is 1.08 bits per heavy atom. The van der Waals surface area contributed by atoms with Crippen LogP contribution in [0.15, 0.2) is 22.9 Å². The Hall–Kier alpha value is -0.340. The monoisotopic (exact) mass is 198 g/mol. The smallest absolute Gasteiger partial charge is 0.0459 e. The molecule has 0 spiro atoms. The molecule has 0 radical (unpaired) electrons. The van der Waals surface area contributed by atoms with Gasteiger partial charge in [0.05, 0.1) is 0 Å². The molecule has 0 bridgehead atoms. The summed E-state index contributed by atoms with van der Waals surface area (Å²) >= 11 is 1.71. The van der Waals surface area contributed by atoms with Crippen molar-refractivity contribution in [1.29, 1.82) is 0 Å². The van der Waals surface area contributed by atoms with Gasteiger partial charge in [0.15, 0.2) is 0 Å². The molecule has 13 heavy (non-hydrogen) atoms. The van der Waals surface area contributed by atoms with E-state index in [1.165, 1.54) is 32.1 Å². The number of aliphatic hydroxyl groups excluding tert-OH is 1. The highest BCUT2D eigenvalue weighted by molar-refractivity contribution is 7.07. The van der Waals surface area contributed by atoms with Crippen molar-refractivity contribution in [3.05, 3.63) is 22.9 Å². The molecule has 1 aliphatic carbocycles. The normalized spacial score (nSPS) is 17.6. The molecule has 1 nitrogen and oxygen atoms in total. The lowest BCUT2D eigenvalue weighted by molar-refractivity contribution is 0.190. The minimum absolute atomic E-state index is 0.417. The van der Waals surface area contributed by atoms with Crippen molar-refractivity contribution in [3.8, 4) is 0 Å². The lowest BCUT2D eigenvalue weighted by atomic mass is 9.90. The number of hydrogen-bond acceptors (Lipinski definition) is 2. The third-order valence-electron chi connectivity index (χ3n) is 2.41. The van der Waals surface area contributed by atoms with Gasteiger partial charge in [-0.25, -0.2) is 0 Å². The molecule has 2 rings (SSSR count). The van der Waals surface area contributed by atoms with Gasteiger partial charge >= 0.3 is 0 Å². The van der Waals surface area contributed by atoms with Crippen molar-refractivity contribution in [1.82, 2.24) is 0 Å². The van der Waals surface area contributed by atoms with Crippen LogP contribution < -0.4 is 0 Å². The van der Waals surface area contributed by atoms with E-state index in [0.29, 0.717) is 12.5 Å². The maximum atomic E-state index is 8.69. The number of rotatable bonds is 1. The van der Waals surface area contributed by atoms with E-state index in [0.717, 1.165) is 0 Å². The number of hydrogen-bond donors (Lipinski definition) is 1. The summed E-state index contributed by atoms with van der Waals surface area (Å²) in [5, 5.41) is 12.8. The molecule has 1 aromatic heterocycles. The first-order chi connectivity index (χ1) is 6.43. The SMILES string of the molecule is OCC1CCCCC1.c1ccsc1. The van der Waals surface area contributed by atoms with Crippen molar-refractivity contribution in [2.75, 3.05) is 6.61 Å². The predicted molar refractivity (Wildman–Crippen MR) is 58.0 cm³/mol. The van der Waals surface area contributed by atoms with E-state index in [1.54, 1.807) is 11.3 Å². The highest BCUT2D eigenvalue weighted by Crippen LogP contribution is 2.22. The van der Waals surface area contributed by atoms with Crippen LogP contribution in [0.3, 0.4) is 0 Å². The first-order valence-corrected chi connectivity index (χ1v) is 5.96. The Morgan fingerprint density at radius 3 is 2.00 bits per heavy atom. The zero-order valence-corrected chi connectivity index (χ0v) is 8.80. The van der Waals surface area contributed by atoms with Gasteiger partial charge in [-0.2, -0.15) is 11.3 Å². The van der Waals surface area contributed by atoms with Crippen LogP contribution in [-0.2, 0) is 0 Å². The molecule has 0 saturated heterocycles. The molecule has 0 atom stereocenters. The fourth-order valence-electron chi connectivity index (χ4n) is 1.60. The lowest BCUT2D eigenvalue weighted by Gasteiger charge is -2.18. The van der Waals surface area contributed by atoms with Crippen LogP contribution >= 0.6 is 11.3 Å². The third-order valence-corrected chi connectivity index (χ3v) is 3.04. The second-order valence-corrected chi connectivity index (χ2v) is 4.30. The van der Waals surface area contributed by atoms with Crippen molar-refractivity contribution < 1.29 is 5.11 Å². The third kappa shape index (κ3) is 5.06. The Balaban J connectivity index is 0.000000145. The Morgan fingerprint density at radius 2 is 1.69 bits per heavy atom. The van der Waals surface area contributed by atoms with Gasteiger partial charge in [-0.1, -0.05) is 31.4 Å². The van der Waals surface area contributed by atoms with Crippen molar-refractivity contribution >= 4 is 11.3 Å². The topological polar surface area (TPSA) is 20.2 Å². The molecule has 1 fully saturated rings. The Bertz CT molecular complexity index is 161. The van der Waals surface area contributed by atoms with Crippen molar-refractivity contribution in [2.45, 2.75) is 32.1 Å². The van der Waals surface area contributed by atoms with Crippen molar-refractivity contribution in [2.24, 2.45) is 5.92 Å². The van der Waals surface area contributed by atoms with Crippen LogP contribution in [0.25, 0.3) is 0 Å². The summed E-state index contributed by atoms with van der Waals surface area (Å²) < 4.78 is 0. The Labute approximate surface area is 84.4 Å². The molecule has 1 aliphatic rings. The molecular formula is C11H18OS. The van der Waals surface area contributed by atoms with Gasteiger partial charge in [-0.15, -0.1) is 0 Å². The second-order valence-electron chi connectivity index (χ2n) is 3.48. The van der Waals surface area contributed by atoms with Crippen LogP contribution in [-0.4, -0.2) is 11.7 Å². The van der Waals surface area contributed by atoms with E-state index < -0.39 is 0 Å². The summed E-state index contributed by atoms with van der Waals surface area (Å²) in [6.07, 6.45) is 6.58. The highest BCUT2D eigenvalue weighted by Gasteiger charge is 2.10. The number of aliphatic hydroxyl groups is 1. The first-order valence-electron chi connectivity index (χ1n) is 5.01. The largest absolute Gasteiger partial charge is 0.396 e. The summed E-state index contributed by atoms with van der Waals surface area (Å²) in [6.45, 7) is 0.417. The standard InChI is InChI=1S/C7H14O.C4H4S/c8-6-7-4-2-1-3-5-7;1-2-4-5-3-1/h7-8H,1-6H2;1-4H. The van der Waals surface area contributed by atoms with E-state index >= 15 is 0 Å². The fourth-order valence-corrected chi connectivity index (χ4v) is 2.05. The molecular weight excluding hydrogens is 180 g/mol. The van der Waals surface area contributed by atoms with E-state index in [-0.39, 0.29) is 0 Å². The van der Waals surface area contributed by atoms with Gasteiger partial charge in [0.2, 0.25) is 0 Å². The molecule has 2 heteroatoms. The average molecular weight is 198 g/mol. The molecule has 1 N–H and O–H groups in total. The first kappa shape index (κ1) is 10.7. The van der Waals surface area contributed by atoms with Crippen LogP contribution in [0.4, 0.5) is 0 Å². The fraction of sp³-hybridized carbons (Fsp3) is 0.636. The van der Waals surface area contributed by atoms with E-state index in [9.17, 15) is 0 Å². The summed E-state index contributed by atoms with van der Waals surface area (Å²) in [7, 11) is 0. The van der Waals surface area contributed by atoms with Gasteiger partial charge in [0.1, 0.15) is 0 Å². The molecule has 1 saturated carbocycles. The molecule has 0 unspecified atom stereocenters. The molecule has 1 heterocycles. The maximum Gasteiger partial charge on any atom is 0.0459 e. The average Bonchev–Trinajstić information content (AvgIpc) is 2.77. The van der Waals surface area contributed by atoms with Gasteiger partial charge in [0.25, 0.3) is 0 Å². The maximum absolute atomic E-state index is 8.69. The molecule has 0 aliphatic heterocycles. The van der Waals surface area contributed by atoms with Crippen LogP contribution in [0.1, 0.15) is 32.1 Å². The van der Waals surface area contributed by atoms with Crippen LogP contribution in [0.2, 0.25) is 0 Å². The van der Waals surface area contributed by atoms with E-state index in [1.807, 2.05) is 22.9 Å². The van der Waals surface area contributed by atoms with Crippen molar-refractivity contribution in [3.63, 3.8) is 0 Å². The minimum Gasteiger partial charge on any atom is -0.396 e. The number of thiophene rings is 1. The molecule has 74 valence electrons. The lowest BCUT2D eigenvalue weighted by Crippen LogP contribution is -2.09. The zero-order valence-electron chi connectivity index (χ0n) is 7.98. The Kier molecular flexibility index (Phi) is 5.87. The summed E-state index contributed by atoms with van der Waals surface area (Å²) in [5.41, 5.74) is 0. The molecule has 1 aromatic rings. The predicted octanol–water partition coefficient (Wildman–Crippen LogP) is 3.31. The van der Waals surface area contributed by atoms with Gasteiger partial charge in [0, 0.05) is 6.61 Å². The second kappa shape index (κ2) is 7.10. The minimum atomic E-state index is 0.417. The zero-order chi connectivity index (χ0) is 9.36.